The summed E-state index contributed by atoms with van der Waals surface area (Å²) in [6.07, 6.45) is 2.00. The lowest BCUT2D eigenvalue weighted by Gasteiger charge is -2.38. The third kappa shape index (κ3) is 7.58. The smallest absolute Gasteiger partial charge is 0.419 e. The summed E-state index contributed by atoms with van der Waals surface area (Å²) < 4.78 is 62.7. The lowest BCUT2D eigenvalue weighted by Crippen LogP contribution is -2.44. The Morgan fingerprint density at radius 2 is 1.70 bits per heavy atom. The molecule has 1 unspecified atom stereocenters. The van der Waals surface area contributed by atoms with Gasteiger partial charge in [-0.05, 0) is 83.2 Å². The number of carbonyl (C=O) groups excluding carboxylic acids is 1. The van der Waals surface area contributed by atoms with Gasteiger partial charge in [-0.25, -0.2) is 14.2 Å². The minimum atomic E-state index is -4.83. The second-order valence-electron chi connectivity index (χ2n) is 12.6. The molecule has 1 aromatic heterocycles. The van der Waals surface area contributed by atoms with E-state index in [9.17, 15) is 22.4 Å². The van der Waals surface area contributed by atoms with E-state index in [1.807, 2.05) is 43.5 Å². The van der Waals surface area contributed by atoms with Crippen molar-refractivity contribution in [3.8, 4) is 11.3 Å². The van der Waals surface area contributed by atoms with Gasteiger partial charge < -0.3 is 9.30 Å². The van der Waals surface area contributed by atoms with E-state index in [0.29, 0.717) is 31.0 Å². The fourth-order valence-corrected chi connectivity index (χ4v) is 6.14. The highest BCUT2D eigenvalue weighted by Crippen LogP contribution is 2.37. The van der Waals surface area contributed by atoms with Gasteiger partial charge >= 0.3 is 12.3 Å². The fraction of sp³-hybridized carbons (Fsp3) is 0.515. The van der Waals surface area contributed by atoms with Crippen molar-refractivity contribution in [2.45, 2.75) is 96.2 Å². The highest BCUT2D eigenvalue weighted by atomic mass is 19.4. The third-order valence-electron chi connectivity index (χ3n) is 8.19. The molecule has 2 aromatic carbocycles. The zero-order valence-corrected chi connectivity index (χ0v) is 25.0. The molecule has 0 radical (unpaired) electrons. The second kappa shape index (κ2) is 12.7. The number of alkyl halides is 3. The van der Waals surface area contributed by atoms with Gasteiger partial charge in [0, 0.05) is 37.4 Å². The van der Waals surface area contributed by atoms with E-state index in [0.717, 1.165) is 57.3 Å². The quantitative estimate of drug-likeness (QED) is 0.268. The molecule has 2 aliphatic rings. The molecule has 2 fully saturated rings. The highest BCUT2D eigenvalue weighted by molar-refractivity contribution is 5.69. The van der Waals surface area contributed by atoms with E-state index in [-0.39, 0.29) is 11.6 Å². The van der Waals surface area contributed by atoms with Gasteiger partial charge in [0.05, 0.1) is 17.3 Å². The predicted molar refractivity (Wildman–Crippen MR) is 157 cm³/mol. The first-order valence-electron chi connectivity index (χ1n) is 15.1. The average Bonchev–Trinajstić information content (AvgIpc) is 3.37. The van der Waals surface area contributed by atoms with Crippen molar-refractivity contribution in [2.24, 2.45) is 0 Å². The van der Waals surface area contributed by atoms with Crippen LogP contribution in [-0.4, -0.2) is 50.2 Å². The van der Waals surface area contributed by atoms with Crippen LogP contribution in [0.15, 0.2) is 54.7 Å². The van der Waals surface area contributed by atoms with Gasteiger partial charge in [0.25, 0.3) is 0 Å². The number of halogens is 4. The predicted octanol–water partition coefficient (Wildman–Crippen LogP) is 8.22. The molecule has 0 saturated carbocycles. The number of imidazole rings is 1. The number of ether oxygens (including phenoxy) is 1. The molecule has 0 bridgehead atoms. The van der Waals surface area contributed by atoms with E-state index in [1.54, 1.807) is 11.1 Å². The number of carbonyl (C=O) groups is 1. The van der Waals surface area contributed by atoms with Crippen LogP contribution in [0.4, 0.5) is 22.4 Å². The van der Waals surface area contributed by atoms with E-state index >= 15 is 0 Å². The number of likely N-dealkylation sites (tertiary alicyclic amines) is 2. The maximum atomic E-state index is 14.2. The van der Waals surface area contributed by atoms with Crippen molar-refractivity contribution >= 4 is 6.09 Å². The van der Waals surface area contributed by atoms with Gasteiger partial charge in [0.15, 0.2) is 0 Å². The summed E-state index contributed by atoms with van der Waals surface area (Å²) in [4.78, 5) is 22.3. The van der Waals surface area contributed by atoms with Crippen LogP contribution in [0.1, 0.15) is 82.3 Å². The summed E-state index contributed by atoms with van der Waals surface area (Å²) in [5.74, 6) is -0.707. The molecule has 0 spiro atoms. The van der Waals surface area contributed by atoms with Crippen LogP contribution < -0.4 is 0 Å². The molecule has 2 aliphatic heterocycles. The van der Waals surface area contributed by atoms with E-state index in [1.165, 1.54) is 11.6 Å². The van der Waals surface area contributed by atoms with Crippen LogP contribution in [0.3, 0.4) is 0 Å². The van der Waals surface area contributed by atoms with Crippen LogP contribution in [-0.2, 0) is 24.0 Å². The summed E-state index contributed by atoms with van der Waals surface area (Å²) in [6.45, 7) is 8.26. The molecule has 0 N–H and O–H groups in total. The van der Waals surface area contributed by atoms with Crippen molar-refractivity contribution in [3.05, 3.63) is 77.5 Å². The lowest BCUT2D eigenvalue weighted by molar-refractivity contribution is -0.139. The molecular formula is C33H40F4N4O2. The molecule has 2 atom stereocenters. The average molecular weight is 601 g/mol. The maximum Gasteiger partial charge on any atom is 0.419 e. The first-order valence-corrected chi connectivity index (χ1v) is 15.1. The first-order chi connectivity index (χ1) is 20.4. The summed E-state index contributed by atoms with van der Waals surface area (Å²) in [7, 11) is 0. The third-order valence-corrected chi connectivity index (χ3v) is 8.19. The molecule has 5 rings (SSSR count). The Hall–Kier alpha value is -3.40. The van der Waals surface area contributed by atoms with Crippen LogP contribution in [0.25, 0.3) is 11.3 Å². The molecule has 0 aliphatic carbocycles. The molecule has 2 saturated heterocycles. The maximum absolute atomic E-state index is 14.2. The molecule has 3 heterocycles. The van der Waals surface area contributed by atoms with Crippen molar-refractivity contribution < 1.29 is 27.1 Å². The normalized spacial score (nSPS) is 20.3. The van der Waals surface area contributed by atoms with E-state index < -0.39 is 35.3 Å². The number of piperidine rings is 2. The Labute approximate surface area is 250 Å². The monoisotopic (exact) mass is 600 g/mol. The van der Waals surface area contributed by atoms with Crippen molar-refractivity contribution in [3.63, 3.8) is 0 Å². The van der Waals surface area contributed by atoms with Crippen LogP contribution in [0.2, 0.25) is 0 Å². The number of nitrogens with zero attached hydrogens (tertiary/aromatic N) is 4. The van der Waals surface area contributed by atoms with Gasteiger partial charge in [-0.1, -0.05) is 36.8 Å². The van der Waals surface area contributed by atoms with Crippen LogP contribution in [0, 0.1) is 5.82 Å². The molecular weight excluding hydrogens is 560 g/mol. The van der Waals surface area contributed by atoms with Gasteiger partial charge in [0.2, 0.25) is 0 Å². The zero-order valence-electron chi connectivity index (χ0n) is 25.0. The summed E-state index contributed by atoms with van der Waals surface area (Å²) >= 11 is 0. The van der Waals surface area contributed by atoms with Crippen molar-refractivity contribution in [1.82, 2.24) is 19.4 Å². The summed E-state index contributed by atoms with van der Waals surface area (Å²) in [6, 6.07) is 13.0. The lowest BCUT2D eigenvalue weighted by atomic mass is 9.99. The van der Waals surface area contributed by atoms with Gasteiger partial charge in [-0.2, -0.15) is 13.2 Å². The van der Waals surface area contributed by atoms with Crippen LogP contribution in [0.5, 0.6) is 0 Å². The van der Waals surface area contributed by atoms with E-state index in [4.69, 9.17) is 9.72 Å². The standard InChI is InChI=1S/C33H40F4N4O2/c1-32(2,3)43-31(42)41-18-10-8-14-29(41)30-38-28(24-15-16-27(34)26(19-24)33(35,36)37)22-40(30)21-25-13-7-9-17-39(25)20-23-11-5-4-6-12-23/h4-6,11-12,15-16,19,22,25,29H,7-10,13-14,17-18,20-21H2,1-3H3/t25?,29-/m0/s1. The molecule has 43 heavy (non-hydrogen) atoms. The molecule has 1 amide bonds. The van der Waals surface area contributed by atoms with Gasteiger partial charge in [0.1, 0.15) is 17.2 Å². The number of aromatic nitrogens is 2. The second-order valence-corrected chi connectivity index (χ2v) is 12.6. The highest BCUT2D eigenvalue weighted by Gasteiger charge is 2.37. The molecule has 232 valence electrons. The zero-order chi connectivity index (χ0) is 30.8. The molecule has 6 nitrogen and oxygen atoms in total. The van der Waals surface area contributed by atoms with Crippen molar-refractivity contribution in [2.75, 3.05) is 13.1 Å². The number of benzene rings is 2. The fourth-order valence-electron chi connectivity index (χ4n) is 6.14. The number of hydrogen-bond acceptors (Lipinski definition) is 4. The Morgan fingerprint density at radius 3 is 2.42 bits per heavy atom. The SMILES string of the molecule is CC(C)(C)OC(=O)N1CCCC[C@H]1c1nc(-c2ccc(F)c(C(F)(F)F)c2)cn1CC1CCCCN1Cc1ccccc1. The number of rotatable bonds is 6. The van der Waals surface area contributed by atoms with Crippen molar-refractivity contribution in [1.29, 1.82) is 0 Å². The number of amides is 1. The summed E-state index contributed by atoms with van der Waals surface area (Å²) in [5.41, 5.74) is -0.286. The molecule has 3 aromatic rings. The Kier molecular flexibility index (Phi) is 9.15. The Morgan fingerprint density at radius 1 is 0.977 bits per heavy atom. The van der Waals surface area contributed by atoms with Gasteiger partial charge in [-0.15, -0.1) is 0 Å². The largest absolute Gasteiger partial charge is 0.444 e. The minimum absolute atomic E-state index is 0.173. The molecule has 10 heteroatoms. The minimum Gasteiger partial charge on any atom is -0.444 e. The van der Waals surface area contributed by atoms with Crippen LogP contribution >= 0.6 is 0 Å². The first kappa shape index (κ1) is 31.0. The topological polar surface area (TPSA) is 50.6 Å². The Bertz CT molecular complexity index is 1400. The van der Waals surface area contributed by atoms with E-state index in [2.05, 4.69) is 17.0 Å². The van der Waals surface area contributed by atoms with Gasteiger partial charge in [-0.3, -0.25) is 9.80 Å². The Balaban J connectivity index is 1.53. The number of hydrogen-bond donors (Lipinski definition) is 0. The summed E-state index contributed by atoms with van der Waals surface area (Å²) in [5, 5.41) is 0.